The van der Waals surface area contributed by atoms with E-state index < -0.39 is 11.8 Å². The molecule has 2 aromatic carbocycles. The molecule has 8 heteroatoms. The highest BCUT2D eigenvalue weighted by Crippen LogP contribution is 2.32. The molecule has 2 heterocycles. The normalized spacial score (nSPS) is 13.4. The van der Waals surface area contributed by atoms with E-state index >= 15 is 0 Å². The van der Waals surface area contributed by atoms with Gasteiger partial charge in [-0.2, -0.15) is 4.37 Å². The van der Waals surface area contributed by atoms with Crippen molar-refractivity contribution in [3.8, 4) is 27.7 Å². The average molecular weight is 440 g/mol. The quantitative estimate of drug-likeness (QED) is 0.289. The van der Waals surface area contributed by atoms with Crippen LogP contribution in [0.3, 0.4) is 0 Å². The number of nitrogens with zero attached hydrogens (tertiary/aromatic N) is 3. The number of hydrogen-bond donors (Lipinski definition) is 0. The Kier molecular flexibility index (Phi) is 6.36. The Bertz CT molecular complexity index is 1090. The molecule has 0 aliphatic carbocycles. The zero-order valence-corrected chi connectivity index (χ0v) is 18.0. The van der Waals surface area contributed by atoms with Gasteiger partial charge in [0.05, 0.1) is 5.56 Å². The Morgan fingerprint density at radius 3 is 2.61 bits per heavy atom. The lowest BCUT2D eigenvalue weighted by Crippen LogP contribution is -2.17. The first-order valence-electron chi connectivity index (χ1n) is 10.3. The molecule has 1 fully saturated rings. The smallest absolute Gasteiger partial charge is 0.311 e. The van der Waals surface area contributed by atoms with Gasteiger partial charge in [-0.3, -0.25) is 9.59 Å². The number of carbonyl (C=O) groups is 2. The van der Waals surface area contributed by atoms with Crippen LogP contribution >= 0.6 is 11.5 Å². The first kappa shape index (κ1) is 21.1. The molecular formula is C23H22FN3O3S. The molecule has 0 bridgehead atoms. The van der Waals surface area contributed by atoms with Crippen LogP contribution in [0.15, 0.2) is 36.4 Å². The van der Waals surface area contributed by atoms with Crippen molar-refractivity contribution in [3.63, 3.8) is 0 Å². The zero-order valence-electron chi connectivity index (χ0n) is 17.1. The highest BCUT2D eigenvalue weighted by atomic mass is 32.1. The van der Waals surface area contributed by atoms with Gasteiger partial charge >= 0.3 is 5.97 Å². The number of anilines is 1. The maximum absolute atomic E-state index is 14.6. The van der Waals surface area contributed by atoms with Crippen LogP contribution in [0.2, 0.25) is 0 Å². The standard InChI is InChI=1S/C23H22FN3O3S/c1-2-5-20(29)30-21-17(14-28)12-16(13-19(21)24)23-25-22(26-31-23)15-6-8-18(9-7-15)27-10-3-4-11-27/h6-9,12-14H,2-5,10-11H2,1H3. The van der Waals surface area contributed by atoms with Crippen LogP contribution in [-0.2, 0) is 4.79 Å². The number of carbonyl (C=O) groups excluding carboxylic acids is 2. The minimum Gasteiger partial charge on any atom is -0.423 e. The summed E-state index contributed by atoms with van der Waals surface area (Å²) in [5.41, 5.74) is 2.42. The summed E-state index contributed by atoms with van der Waals surface area (Å²) >= 11 is 1.12. The summed E-state index contributed by atoms with van der Waals surface area (Å²) in [6.07, 6.45) is 3.63. The monoisotopic (exact) mass is 439 g/mol. The van der Waals surface area contributed by atoms with Crippen LogP contribution in [0.1, 0.15) is 43.0 Å². The van der Waals surface area contributed by atoms with Crippen molar-refractivity contribution in [2.75, 3.05) is 18.0 Å². The SMILES string of the molecule is CCCC(=O)Oc1c(F)cc(-c2nc(-c3ccc(N4CCCC4)cc3)ns2)cc1C=O. The van der Waals surface area contributed by atoms with Crippen LogP contribution in [0, 0.1) is 5.82 Å². The van der Waals surface area contributed by atoms with Gasteiger partial charge in [0.2, 0.25) is 0 Å². The van der Waals surface area contributed by atoms with Gasteiger partial charge in [0.25, 0.3) is 0 Å². The maximum atomic E-state index is 14.6. The second-order valence-electron chi connectivity index (χ2n) is 7.38. The van der Waals surface area contributed by atoms with Crippen LogP contribution in [0.4, 0.5) is 10.1 Å². The number of esters is 1. The topological polar surface area (TPSA) is 72.4 Å². The Hall–Kier alpha value is -3.13. The van der Waals surface area contributed by atoms with Crippen molar-refractivity contribution in [2.24, 2.45) is 0 Å². The number of ether oxygens (including phenoxy) is 1. The molecule has 4 rings (SSSR count). The Balaban J connectivity index is 1.57. The van der Waals surface area contributed by atoms with Gasteiger partial charge in [-0.1, -0.05) is 6.92 Å². The van der Waals surface area contributed by atoms with Crippen molar-refractivity contribution in [3.05, 3.63) is 47.8 Å². The molecule has 160 valence electrons. The van der Waals surface area contributed by atoms with Crippen LogP contribution in [0.5, 0.6) is 5.75 Å². The van der Waals surface area contributed by atoms with Crippen molar-refractivity contribution in [1.82, 2.24) is 9.36 Å². The lowest BCUT2D eigenvalue weighted by atomic mass is 10.1. The van der Waals surface area contributed by atoms with Crippen molar-refractivity contribution >= 4 is 29.5 Å². The number of aldehydes is 1. The molecular weight excluding hydrogens is 417 g/mol. The lowest BCUT2D eigenvalue weighted by Gasteiger charge is -2.17. The van der Waals surface area contributed by atoms with Crippen molar-refractivity contribution in [2.45, 2.75) is 32.6 Å². The van der Waals surface area contributed by atoms with E-state index in [9.17, 15) is 14.0 Å². The van der Waals surface area contributed by atoms with E-state index in [4.69, 9.17) is 4.74 Å². The minimum atomic E-state index is -0.782. The number of hydrogen-bond acceptors (Lipinski definition) is 7. The predicted molar refractivity (Wildman–Crippen MR) is 118 cm³/mol. The van der Waals surface area contributed by atoms with E-state index in [2.05, 4.69) is 26.4 Å². The summed E-state index contributed by atoms with van der Waals surface area (Å²) < 4.78 is 24.1. The molecule has 6 nitrogen and oxygen atoms in total. The fourth-order valence-electron chi connectivity index (χ4n) is 3.56. The maximum Gasteiger partial charge on any atom is 0.311 e. The third-order valence-corrected chi connectivity index (χ3v) is 5.90. The molecule has 1 aromatic heterocycles. The highest BCUT2D eigenvalue weighted by molar-refractivity contribution is 7.09. The molecule has 1 aliphatic rings. The Morgan fingerprint density at radius 2 is 1.94 bits per heavy atom. The van der Waals surface area contributed by atoms with Crippen LogP contribution in [-0.4, -0.2) is 34.7 Å². The third kappa shape index (κ3) is 4.64. The fraction of sp³-hybridized carbons (Fsp3) is 0.304. The summed E-state index contributed by atoms with van der Waals surface area (Å²) in [5.74, 6) is -1.16. The van der Waals surface area contributed by atoms with E-state index in [-0.39, 0.29) is 17.7 Å². The van der Waals surface area contributed by atoms with E-state index in [1.165, 1.54) is 30.7 Å². The number of halogens is 1. The Morgan fingerprint density at radius 1 is 1.19 bits per heavy atom. The number of benzene rings is 2. The average Bonchev–Trinajstić information content (AvgIpc) is 3.48. The molecule has 0 atom stereocenters. The summed E-state index contributed by atoms with van der Waals surface area (Å²) in [6.45, 7) is 3.97. The van der Waals surface area contributed by atoms with Gasteiger partial charge in [-0.15, -0.1) is 0 Å². The van der Waals surface area contributed by atoms with E-state index in [0.29, 0.717) is 29.1 Å². The predicted octanol–water partition coefficient (Wildman–Crippen LogP) is 5.13. The second kappa shape index (κ2) is 9.34. The molecule has 0 saturated carbocycles. The lowest BCUT2D eigenvalue weighted by molar-refractivity contribution is -0.134. The van der Waals surface area contributed by atoms with Crippen molar-refractivity contribution in [1.29, 1.82) is 0 Å². The highest BCUT2D eigenvalue weighted by Gasteiger charge is 2.19. The first-order valence-corrected chi connectivity index (χ1v) is 11.0. The van der Waals surface area contributed by atoms with Crippen LogP contribution in [0.25, 0.3) is 22.0 Å². The van der Waals surface area contributed by atoms with Gasteiger partial charge in [0.1, 0.15) is 5.01 Å². The molecule has 0 N–H and O–H groups in total. The summed E-state index contributed by atoms with van der Waals surface area (Å²) in [4.78, 5) is 30.1. The number of aromatic nitrogens is 2. The van der Waals surface area contributed by atoms with E-state index in [1.54, 1.807) is 0 Å². The third-order valence-electron chi connectivity index (χ3n) is 5.14. The number of rotatable bonds is 7. The summed E-state index contributed by atoms with van der Waals surface area (Å²) in [7, 11) is 0. The molecule has 3 aromatic rings. The van der Waals surface area contributed by atoms with Gasteiger partial charge in [0.15, 0.2) is 23.7 Å². The van der Waals surface area contributed by atoms with Crippen LogP contribution < -0.4 is 9.64 Å². The molecule has 0 radical (unpaired) electrons. The molecule has 31 heavy (non-hydrogen) atoms. The van der Waals surface area contributed by atoms with Gasteiger partial charge in [-0.25, -0.2) is 9.37 Å². The van der Waals surface area contributed by atoms with Gasteiger partial charge in [-0.05, 0) is 67.2 Å². The Labute approximate surface area is 183 Å². The molecule has 0 spiro atoms. The minimum absolute atomic E-state index is 0.0360. The largest absolute Gasteiger partial charge is 0.423 e. The van der Waals surface area contributed by atoms with Gasteiger partial charge < -0.3 is 9.64 Å². The van der Waals surface area contributed by atoms with Gasteiger partial charge in [0, 0.05) is 36.3 Å². The molecule has 1 aliphatic heterocycles. The van der Waals surface area contributed by atoms with E-state index in [0.717, 1.165) is 30.2 Å². The summed E-state index contributed by atoms with van der Waals surface area (Å²) in [6, 6.07) is 10.8. The molecule has 0 unspecified atom stereocenters. The molecule has 1 saturated heterocycles. The zero-order chi connectivity index (χ0) is 21.8. The first-order chi connectivity index (χ1) is 15.1. The van der Waals surface area contributed by atoms with E-state index in [1.807, 2.05) is 19.1 Å². The summed E-state index contributed by atoms with van der Waals surface area (Å²) in [5, 5.41) is 0.479. The second-order valence-corrected chi connectivity index (χ2v) is 8.13. The fourth-order valence-corrected chi connectivity index (χ4v) is 4.23. The molecule has 0 amide bonds. The van der Waals surface area contributed by atoms with Crippen molar-refractivity contribution < 1.29 is 18.7 Å².